The predicted octanol–water partition coefficient (Wildman–Crippen LogP) is 1.71. The number of anilines is 1. The summed E-state index contributed by atoms with van der Waals surface area (Å²) in [6, 6.07) is 8.30. The lowest BCUT2D eigenvalue weighted by molar-refractivity contribution is -0.119. The largest absolute Gasteiger partial charge is 0.465 e. The summed E-state index contributed by atoms with van der Waals surface area (Å²) < 4.78 is 16.0. The number of rotatable bonds is 6. The van der Waals surface area contributed by atoms with E-state index in [0.717, 1.165) is 6.42 Å². The lowest BCUT2D eigenvalue weighted by Gasteiger charge is -2.10. The number of carbonyl (C=O) groups is 4. The summed E-state index contributed by atoms with van der Waals surface area (Å²) in [5.74, 6) is -2.23. The summed E-state index contributed by atoms with van der Waals surface area (Å²) in [5.41, 5.74) is 0.529. The molecule has 1 aromatic heterocycles. The van der Waals surface area contributed by atoms with E-state index < -0.39 is 30.4 Å². The zero-order chi connectivity index (χ0) is 25.1. The maximum Gasteiger partial charge on any atom is 0.338 e. The number of ether oxygens (including phenoxy) is 3. The number of nitrogens with zero attached hydrogens (tertiary/aromatic N) is 2. The Bertz CT molecular complexity index is 1390. The molecule has 180 valence electrons. The molecule has 0 radical (unpaired) electrons. The summed E-state index contributed by atoms with van der Waals surface area (Å²) in [5, 5.41) is 2.86. The third kappa shape index (κ3) is 4.88. The molecule has 1 aliphatic rings. The first kappa shape index (κ1) is 23.6. The van der Waals surface area contributed by atoms with Gasteiger partial charge in [0.05, 0.1) is 41.8 Å². The molecule has 11 nitrogen and oxygen atoms in total. The van der Waals surface area contributed by atoms with Crippen molar-refractivity contribution in [1.29, 1.82) is 0 Å². The number of carbonyl (C=O) groups excluding carboxylic acids is 4. The van der Waals surface area contributed by atoms with Crippen molar-refractivity contribution >= 4 is 40.4 Å². The van der Waals surface area contributed by atoms with Crippen molar-refractivity contribution in [2.45, 2.75) is 19.4 Å². The van der Waals surface area contributed by atoms with Gasteiger partial charge in [0.15, 0.2) is 6.61 Å². The van der Waals surface area contributed by atoms with Gasteiger partial charge in [0.2, 0.25) is 0 Å². The SMILES string of the molecule is COC(=O)c1cc(NC(=O)COC(=O)c2ccc3c(=O)n4c(nc3c2)CCC4)cc(C(=O)OC)c1. The molecule has 1 N–H and O–H groups in total. The maximum atomic E-state index is 12.6. The fraction of sp³-hybridized carbons (Fsp3) is 0.250. The molecule has 1 aliphatic heterocycles. The highest BCUT2D eigenvalue weighted by Gasteiger charge is 2.19. The van der Waals surface area contributed by atoms with E-state index in [0.29, 0.717) is 29.7 Å². The molecule has 0 fully saturated rings. The maximum absolute atomic E-state index is 12.6. The van der Waals surface area contributed by atoms with Gasteiger partial charge in [-0.1, -0.05) is 0 Å². The van der Waals surface area contributed by atoms with E-state index in [1.165, 1.54) is 50.6 Å². The van der Waals surface area contributed by atoms with Crippen molar-refractivity contribution in [3.05, 3.63) is 69.3 Å². The summed E-state index contributed by atoms with van der Waals surface area (Å²) >= 11 is 0. The van der Waals surface area contributed by atoms with Crippen molar-refractivity contribution in [1.82, 2.24) is 9.55 Å². The van der Waals surface area contributed by atoms with Crippen molar-refractivity contribution in [2.75, 3.05) is 26.1 Å². The summed E-state index contributed by atoms with van der Waals surface area (Å²) in [4.78, 5) is 65.6. The van der Waals surface area contributed by atoms with Crippen molar-refractivity contribution < 1.29 is 33.4 Å². The molecular weight excluding hydrogens is 458 g/mol. The average molecular weight is 479 g/mol. The zero-order valence-electron chi connectivity index (χ0n) is 19.0. The number of aromatic nitrogens is 2. The van der Waals surface area contributed by atoms with E-state index >= 15 is 0 Å². The van der Waals surface area contributed by atoms with E-state index in [4.69, 9.17) is 4.74 Å². The van der Waals surface area contributed by atoms with E-state index in [1.54, 1.807) is 4.57 Å². The standard InChI is InChI=1S/C24H21N3O8/c1-33-22(30)14-8-15(23(31)34-2)10-16(9-14)25-20(28)12-35-24(32)13-5-6-17-18(11-13)26-19-4-3-7-27(19)21(17)29/h5-6,8-11H,3-4,7,12H2,1-2H3,(H,25,28). The quantitative estimate of drug-likeness (QED) is 0.413. The summed E-state index contributed by atoms with van der Waals surface area (Å²) in [6.07, 6.45) is 1.53. The van der Waals surface area contributed by atoms with Crippen LogP contribution in [-0.4, -0.2) is 54.2 Å². The molecule has 0 bridgehead atoms. The lowest BCUT2D eigenvalue weighted by atomic mass is 10.1. The molecule has 0 saturated carbocycles. The molecule has 0 aliphatic carbocycles. The number of benzene rings is 2. The van der Waals surface area contributed by atoms with Gasteiger partial charge in [-0.2, -0.15) is 0 Å². The van der Waals surface area contributed by atoms with Gasteiger partial charge in [0, 0.05) is 18.7 Å². The number of esters is 3. The van der Waals surface area contributed by atoms with E-state index in [9.17, 15) is 24.0 Å². The average Bonchev–Trinajstić information content (AvgIpc) is 3.34. The number of methoxy groups -OCH3 is 2. The Hall–Kier alpha value is -4.54. The summed E-state index contributed by atoms with van der Waals surface area (Å²) in [7, 11) is 2.36. The number of fused-ring (bicyclic) bond motifs is 2. The third-order valence-electron chi connectivity index (χ3n) is 5.45. The molecule has 0 unspecified atom stereocenters. The number of aryl methyl sites for hydroxylation is 1. The minimum absolute atomic E-state index is 0.0220. The van der Waals surface area contributed by atoms with Crippen LogP contribution in [0.5, 0.6) is 0 Å². The second-order valence-corrected chi connectivity index (χ2v) is 7.73. The van der Waals surface area contributed by atoms with Gasteiger partial charge in [0.1, 0.15) is 5.82 Å². The van der Waals surface area contributed by atoms with Crippen LogP contribution in [0.25, 0.3) is 10.9 Å². The minimum atomic E-state index is -0.775. The predicted molar refractivity (Wildman–Crippen MR) is 122 cm³/mol. The topological polar surface area (TPSA) is 143 Å². The molecule has 2 aromatic carbocycles. The Balaban J connectivity index is 1.46. The molecule has 4 rings (SSSR count). The lowest BCUT2D eigenvalue weighted by Crippen LogP contribution is -2.22. The van der Waals surface area contributed by atoms with E-state index in [2.05, 4.69) is 19.8 Å². The number of hydrogen-bond donors (Lipinski definition) is 1. The fourth-order valence-corrected chi connectivity index (χ4v) is 3.79. The van der Waals surface area contributed by atoms with Crippen LogP contribution in [-0.2, 0) is 32.0 Å². The van der Waals surface area contributed by atoms with Crippen LogP contribution < -0.4 is 10.9 Å². The first-order valence-corrected chi connectivity index (χ1v) is 10.6. The number of nitrogens with one attached hydrogen (secondary N) is 1. The molecule has 11 heteroatoms. The second-order valence-electron chi connectivity index (χ2n) is 7.73. The van der Waals surface area contributed by atoms with Crippen LogP contribution in [0.4, 0.5) is 5.69 Å². The molecule has 1 amide bonds. The fourth-order valence-electron chi connectivity index (χ4n) is 3.79. The van der Waals surface area contributed by atoms with Crippen LogP contribution in [0.3, 0.4) is 0 Å². The monoisotopic (exact) mass is 479 g/mol. The van der Waals surface area contributed by atoms with Gasteiger partial charge in [0.25, 0.3) is 11.5 Å². The highest BCUT2D eigenvalue weighted by atomic mass is 16.5. The first-order chi connectivity index (χ1) is 16.8. The molecule has 0 atom stereocenters. The van der Waals surface area contributed by atoms with Gasteiger partial charge in [-0.05, 0) is 42.8 Å². The minimum Gasteiger partial charge on any atom is -0.465 e. The number of amides is 1. The van der Waals surface area contributed by atoms with Gasteiger partial charge in [-0.25, -0.2) is 19.4 Å². The Morgan fingerprint density at radius 3 is 2.29 bits per heavy atom. The van der Waals surface area contributed by atoms with Gasteiger partial charge < -0.3 is 19.5 Å². The first-order valence-electron chi connectivity index (χ1n) is 10.6. The van der Waals surface area contributed by atoms with Crippen molar-refractivity contribution in [2.24, 2.45) is 0 Å². The van der Waals surface area contributed by atoms with Gasteiger partial charge in [-0.15, -0.1) is 0 Å². The Morgan fingerprint density at radius 2 is 1.63 bits per heavy atom. The highest BCUT2D eigenvalue weighted by molar-refractivity contribution is 6.01. The van der Waals surface area contributed by atoms with E-state index in [-0.39, 0.29) is 27.9 Å². The Labute approximate surface area is 198 Å². The smallest absolute Gasteiger partial charge is 0.338 e. The van der Waals surface area contributed by atoms with Crippen LogP contribution in [0.2, 0.25) is 0 Å². The van der Waals surface area contributed by atoms with Crippen LogP contribution in [0.15, 0.2) is 41.2 Å². The molecule has 0 saturated heterocycles. The second kappa shape index (κ2) is 9.75. The Kier molecular flexibility index (Phi) is 6.58. The Morgan fingerprint density at radius 1 is 0.943 bits per heavy atom. The molecule has 3 aromatic rings. The normalized spacial score (nSPS) is 12.1. The molecule has 0 spiro atoms. The van der Waals surface area contributed by atoms with Crippen molar-refractivity contribution in [3.63, 3.8) is 0 Å². The molecular formula is C24H21N3O8. The third-order valence-corrected chi connectivity index (χ3v) is 5.45. The molecule has 35 heavy (non-hydrogen) atoms. The van der Waals surface area contributed by atoms with Crippen LogP contribution in [0.1, 0.15) is 43.3 Å². The van der Waals surface area contributed by atoms with Crippen molar-refractivity contribution in [3.8, 4) is 0 Å². The van der Waals surface area contributed by atoms with Crippen LogP contribution >= 0.6 is 0 Å². The van der Waals surface area contributed by atoms with E-state index in [1.807, 2.05) is 0 Å². The summed E-state index contributed by atoms with van der Waals surface area (Å²) in [6.45, 7) is -0.00712. The highest BCUT2D eigenvalue weighted by Crippen LogP contribution is 2.18. The van der Waals surface area contributed by atoms with Crippen LogP contribution in [0, 0.1) is 0 Å². The van der Waals surface area contributed by atoms with Gasteiger partial charge >= 0.3 is 17.9 Å². The van der Waals surface area contributed by atoms with Gasteiger partial charge in [-0.3, -0.25) is 14.2 Å². The molecule has 2 heterocycles. The number of hydrogen-bond acceptors (Lipinski definition) is 9. The zero-order valence-corrected chi connectivity index (χ0v) is 19.0.